The summed E-state index contributed by atoms with van der Waals surface area (Å²) in [5.74, 6) is 0. The third-order valence-electron chi connectivity index (χ3n) is 4.85. The fourth-order valence-electron chi connectivity index (χ4n) is 3.74. The molecule has 9 heteroatoms. The number of fused-ring (bicyclic) bond motifs is 1. The second-order valence-electron chi connectivity index (χ2n) is 7.27. The molecule has 1 aromatic heterocycles. The van der Waals surface area contributed by atoms with Crippen molar-refractivity contribution < 1.29 is 21.6 Å². The maximum absolute atomic E-state index is 13.8. The molecule has 0 bridgehead atoms. The highest BCUT2D eigenvalue weighted by atomic mass is 32.2. The van der Waals surface area contributed by atoms with Gasteiger partial charge in [-0.1, -0.05) is 29.8 Å². The molecule has 0 radical (unpaired) electrons. The molecule has 0 fully saturated rings. The quantitative estimate of drug-likeness (QED) is 0.648. The van der Waals surface area contributed by atoms with Crippen molar-refractivity contribution in [1.29, 1.82) is 5.26 Å². The van der Waals surface area contributed by atoms with Crippen LogP contribution < -0.4 is 4.72 Å². The Labute approximate surface area is 172 Å². The molecule has 1 heterocycles. The summed E-state index contributed by atoms with van der Waals surface area (Å²) in [6, 6.07) is 9.23. The summed E-state index contributed by atoms with van der Waals surface area (Å²) >= 11 is 0. The summed E-state index contributed by atoms with van der Waals surface area (Å²) in [5, 5.41) is 9.89. The van der Waals surface area contributed by atoms with Crippen LogP contribution in [0.2, 0.25) is 0 Å². The molecular formula is C21H20F3N3O2S. The number of aromatic nitrogens is 1. The molecule has 0 aliphatic rings. The van der Waals surface area contributed by atoms with Crippen LogP contribution in [0.4, 0.5) is 13.2 Å². The number of sulfonamides is 1. The fourth-order valence-corrected chi connectivity index (χ4v) is 5.41. The van der Waals surface area contributed by atoms with E-state index in [2.05, 4.69) is 0 Å². The van der Waals surface area contributed by atoms with Gasteiger partial charge in [-0.25, -0.2) is 8.42 Å². The predicted molar refractivity (Wildman–Crippen MR) is 107 cm³/mol. The Morgan fingerprint density at radius 3 is 2.33 bits per heavy atom. The molecule has 1 N–H and O–H groups in total. The highest BCUT2D eigenvalue weighted by molar-refractivity contribution is 7.89. The first-order chi connectivity index (χ1) is 13.9. The average molecular weight is 435 g/mol. The first-order valence-electron chi connectivity index (χ1n) is 9.09. The van der Waals surface area contributed by atoms with Gasteiger partial charge in [-0.3, -0.25) is 0 Å². The van der Waals surface area contributed by atoms with Gasteiger partial charge in [-0.15, -0.1) is 0 Å². The number of nitriles is 1. The van der Waals surface area contributed by atoms with Crippen molar-refractivity contribution in [2.75, 3.05) is 0 Å². The van der Waals surface area contributed by atoms with Gasteiger partial charge in [0.1, 0.15) is 12.1 Å². The SMILES string of the molecule is Cc1cc(C)c(S(=O)(=O)NC(Cn2ccc3cccc(C#N)c32)C(F)(F)F)c(C)c1. The van der Waals surface area contributed by atoms with Crippen molar-refractivity contribution in [1.82, 2.24) is 9.29 Å². The van der Waals surface area contributed by atoms with Crippen molar-refractivity contribution in [2.45, 2.75) is 44.4 Å². The van der Waals surface area contributed by atoms with E-state index in [1.165, 1.54) is 16.8 Å². The lowest BCUT2D eigenvalue weighted by atomic mass is 10.1. The van der Waals surface area contributed by atoms with Crippen LogP contribution in [-0.2, 0) is 16.6 Å². The first kappa shape index (κ1) is 21.9. The number of hydrogen-bond acceptors (Lipinski definition) is 3. The summed E-state index contributed by atoms with van der Waals surface area (Å²) in [6.45, 7) is 4.19. The van der Waals surface area contributed by atoms with Crippen LogP contribution in [0.25, 0.3) is 10.9 Å². The van der Waals surface area contributed by atoms with Gasteiger partial charge in [-0.2, -0.15) is 23.2 Å². The third-order valence-corrected chi connectivity index (χ3v) is 6.63. The van der Waals surface area contributed by atoms with E-state index in [0.717, 1.165) is 5.56 Å². The molecule has 2 aromatic carbocycles. The van der Waals surface area contributed by atoms with Gasteiger partial charge in [0.15, 0.2) is 0 Å². The molecule has 30 heavy (non-hydrogen) atoms. The summed E-state index contributed by atoms with van der Waals surface area (Å²) in [5.41, 5.74) is 2.11. The Bertz CT molecular complexity index is 1230. The largest absolute Gasteiger partial charge is 0.406 e. The minimum absolute atomic E-state index is 0.155. The molecule has 1 unspecified atom stereocenters. The standard InChI is InChI=1S/C21H20F3N3O2S/c1-13-9-14(2)20(15(3)10-13)30(28,29)26-18(21(22,23)24)12-27-8-7-16-5-4-6-17(11-25)19(16)27/h4-10,18,26H,12H2,1-3H3. The zero-order valence-corrected chi connectivity index (χ0v) is 17.4. The second kappa shape index (κ2) is 7.78. The van der Waals surface area contributed by atoms with Crippen molar-refractivity contribution in [3.05, 3.63) is 64.8 Å². The number of nitrogens with zero attached hydrogens (tertiary/aromatic N) is 2. The summed E-state index contributed by atoms with van der Waals surface area (Å²) in [4.78, 5) is -0.155. The van der Waals surface area contributed by atoms with E-state index in [9.17, 15) is 26.9 Å². The number of alkyl halides is 3. The van der Waals surface area contributed by atoms with Crippen LogP contribution in [0.15, 0.2) is 47.5 Å². The predicted octanol–water partition coefficient (Wildman–Crippen LogP) is 4.35. The maximum Gasteiger partial charge on any atom is 0.406 e. The highest BCUT2D eigenvalue weighted by Crippen LogP contribution is 2.28. The number of para-hydroxylation sites is 1. The van der Waals surface area contributed by atoms with Gasteiger partial charge >= 0.3 is 6.18 Å². The molecule has 5 nitrogen and oxygen atoms in total. The minimum Gasteiger partial charge on any atom is -0.344 e. The van der Waals surface area contributed by atoms with E-state index in [1.54, 1.807) is 51.1 Å². The lowest BCUT2D eigenvalue weighted by Crippen LogP contribution is -2.48. The van der Waals surface area contributed by atoms with Crippen LogP contribution in [-0.4, -0.2) is 25.2 Å². The van der Waals surface area contributed by atoms with E-state index in [1.807, 2.05) is 10.8 Å². The summed E-state index contributed by atoms with van der Waals surface area (Å²) in [6.07, 6.45) is -3.42. The van der Waals surface area contributed by atoms with Crippen LogP contribution >= 0.6 is 0 Å². The van der Waals surface area contributed by atoms with Gasteiger partial charge < -0.3 is 4.57 Å². The zero-order chi connectivity index (χ0) is 22.3. The smallest absolute Gasteiger partial charge is 0.344 e. The molecule has 0 aliphatic carbocycles. The normalized spacial score (nSPS) is 13.4. The molecule has 158 valence electrons. The molecule has 0 spiro atoms. The van der Waals surface area contributed by atoms with E-state index in [4.69, 9.17) is 0 Å². The number of benzene rings is 2. The number of hydrogen-bond donors (Lipinski definition) is 1. The Hall–Kier alpha value is -2.83. The maximum atomic E-state index is 13.8. The molecule has 1 atom stereocenters. The van der Waals surface area contributed by atoms with E-state index >= 15 is 0 Å². The van der Waals surface area contributed by atoms with Crippen molar-refractivity contribution in [2.24, 2.45) is 0 Å². The van der Waals surface area contributed by atoms with Crippen LogP contribution in [0, 0.1) is 32.1 Å². The molecule has 0 aliphatic heterocycles. The van der Waals surface area contributed by atoms with Crippen molar-refractivity contribution in [3.8, 4) is 6.07 Å². The molecular weight excluding hydrogens is 415 g/mol. The Morgan fingerprint density at radius 1 is 1.13 bits per heavy atom. The van der Waals surface area contributed by atoms with Crippen LogP contribution in [0.3, 0.4) is 0 Å². The summed E-state index contributed by atoms with van der Waals surface area (Å²) in [7, 11) is -4.44. The number of rotatable bonds is 5. The van der Waals surface area contributed by atoms with E-state index in [-0.39, 0.29) is 10.5 Å². The van der Waals surface area contributed by atoms with Gasteiger partial charge in [0, 0.05) is 18.1 Å². The second-order valence-corrected chi connectivity index (χ2v) is 8.92. The van der Waals surface area contributed by atoms with Gasteiger partial charge in [0.2, 0.25) is 10.0 Å². The number of nitrogens with one attached hydrogen (secondary N) is 1. The molecule has 3 aromatic rings. The Balaban J connectivity index is 2.03. The Morgan fingerprint density at radius 2 is 1.77 bits per heavy atom. The molecule has 0 saturated carbocycles. The lowest BCUT2D eigenvalue weighted by molar-refractivity contribution is -0.154. The average Bonchev–Trinajstić information content (AvgIpc) is 3.02. The number of aryl methyl sites for hydroxylation is 3. The van der Waals surface area contributed by atoms with Crippen molar-refractivity contribution >= 4 is 20.9 Å². The first-order valence-corrected chi connectivity index (χ1v) is 10.6. The van der Waals surface area contributed by atoms with Crippen molar-refractivity contribution in [3.63, 3.8) is 0 Å². The topological polar surface area (TPSA) is 74.9 Å². The van der Waals surface area contributed by atoms with E-state index in [0.29, 0.717) is 22.0 Å². The molecule has 3 rings (SSSR count). The van der Waals surface area contributed by atoms with Gasteiger partial charge in [0.25, 0.3) is 0 Å². The minimum atomic E-state index is -4.84. The van der Waals surface area contributed by atoms with Crippen LogP contribution in [0.5, 0.6) is 0 Å². The number of halogens is 3. The fraction of sp³-hybridized carbons (Fsp3) is 0.286. The Kier molecular flexibility index (Phi) is 5.67. The lowest BCUT2D eigenvalue weighted by Gasteiger charge is -2.24. The summed E-state index contributed by atoms with van der Waals surface area (Å²) < 4.78 is 70.3. The highest BCUT2D eigenvalue weighted by Gasteiger charge is 2.43. The van der Waals surface area contributed by atoms with Gasteiger partial charge in [0.05, 0.1) is 16.0 Å². The molecule has 0 amide bonds. The monoisotopic (exact) mass is 435 g/mol. The zero-order valence-electron chi connectivity index (χ0n) is 16.6. The third kappa shape index (κ3) is 4.20. The van der Waals surface area contributed by atoms with Crippen LogP contribution in [0.1, 0.15) is 22.3 Å². The van der Waals surface area contributed by atoms with E-state index < -0.39 is 28.8 Å². The van der Waals surface area contributed by atoms with Gasteiger partial charge in [-0.05, 0) is 44.0 Å². The molecule has 0 saturated heterocycles.